The first-order chi connectivity index (χ1) is 8.70. The van der Waals surface area contributed by atoms with Crippen molar-refractivity contribution in [1.82, 2.24) is 9.97 Å². The van der Waals surface area contributed by atoms with Crippen molar-refractivity contribution in [3.05, 3.63) is 10.8 Å². The topological polar surface area (TPSA) is 49.8 Å². The van der Waals surface area contributed by atoms with E-state index >= 15 is 0 Å². The molecular formula is C13H20N4S. The minimum absolute atomic E-state index is 0.367. The molecule has 0 saturated carbocycles. The SMILES string of the molecule is CCCCNc1nc(NC(C)C)c2cscc2n1. The third kappa shape index (κ3) is 3.10. The number of thiophene rings is 1. The minimum atomic E-state index is 0.367. The van der Waals surface area contributed by atoms with Crippen LogP contribution in [0.3, 0.4) is 0 Å². The maximum atomic E-state index is 4.56. The molecule has 2 rings (SSSR count). The van der Waals surface area contributed by atoms with Crippen LogP contribution in [0.15, 0.2) is 10.8 Å². The molecule has 0 spiro atoms. The Hall–Kier alpha value is -1.36. The average molecular weight is 264 g/mol. The van der Waals surface area contributed by atoms with Gasteiger partial charge >= 0.3 is 0 Å². The molecule has 0 aliphatic heterocycles. The van der Waals surface area contributed by atoms with Gasteiger partial charge in [-0.3, -0.25) is 0 Å². The van der Waals surface area contributed by atoms with Crippen LogP contribution >= 0.6 is 11.3 Å². The molecule has 0 saturated heterocycles. The summed E-state index contributed by atoms with van der Waals surface area (Å²) in [6, 6.07) is 0.367. The predicted molar refractivity (Wildman–Crippen MR) is 79.6 cm³/mol. The van der Waals surface area contributed by atoms with Crippen molar-refractivity contribution in [2.75, 3.05) is 17.2 Å². The fraction of sp³-hybridized carbons (Fsp3) is 0.538. The monoisotopic (exact) mass is 264 g/mol. The van der Waals surface area contributed by atoms with E-state index in [1.807, 2.05) is 0 Å². The van der Waals surface area contributed by atoms with Gasteiger partial charge in [0.15, 0.2) is 0 Å². The molecule has 4 nitrogen and oxygen atoms in total. The molecule has 2 N–H and O–H groups in total. The Bertz CT molecular complexity index is 507. The van der Waals surface area contributed by atoms with Gasteiger partial charge in [0.05, 0.1) is 10.9 Å². The van der Waals surface area contributed by atoms with Crippen molar-refractivity contribution < 1.29 is 0 Å². The summed E-state index contributed by atoms with van der Waals surface area (Å²) in [6.45, 7) is 7.33. The lowest BCUT2D eigenvalue weighted by atomic mass is 10.3. The molecule has 2 heterocycles. The molecule has 0 aromatic carbocycles. The van der Waals surface area contributed by atoms with E-state index in [-0.39, 0.29) is 0 Å². The number of aromatic nitrogens is 2. The van der Waals surface area contributed by atoms with E-state index in [1.165, 1.54) is 6.42 Å². The normalized spacial score (nSPS) is 11.1. The number of fused-ring (bicyclic) bond motifs is 1. The summed E-state index contributed by atoms with van der Waals surface area (Å²) in [6.07, 6.45) is 2.31. The molecule has 2 aromatic heterocycles. The van der Waals surface area contributed by atoms with Crippen LogP contribution in [0.1, 0.15) is 33.6 Å². The third-order valence-electron chi connectivity index (χ3n) is 2.58. The number of anilines is 2. The summed E-state index contributed by atoms with van der Waals surface area (Å²) in [5.74, 6) is 1.65. The van der Waals surface area contributed by atoms with Gasteiger partial charge in [0, 0.05) is 23.3 Å². The zero-order chi connectivity index (χ0) is 13.0. The van der Waals surface area contributed by atoms with Gasteiger partial charge in [0.1, 0.15) is 5.82 Å². The molecule has 0 radical (unpaired) electrons. The van der Waals surface area contributed by atoms with Crippen LogP contribution in [0.2, 0.25) is 0 Å². The van der Waals surface area contributed by atoms with Gasteiger partial charge in [-0.1, -0.05) is 13.3 Å². The number of rotatable bonds is 6. The van der Waals surface area contributed by atoms with E-state index < -0.39 is 0 Å². The molecule has 0 unspecified atom stereocenters. The zero-order valence-corrected chi connectivity index (χ0v) is 12.0. The first kappa shape index (κ1) is 13.1. The van der Waals surface area contributed by atoms with Gasteiger partial charge in [-0.25, -0.2) is 4.98 Å². The van der Waals surface area contributed by atoms with Crippen LogP contribution in [0.5, 0.6) is 0 Å². The highest BCUT2D eigenvalue weighted by atomic mass is 32.1. The first-order valence-corrected chi connectivity index (χ1v) is 7.39. The molecule has 0 bridgehead atoms. The van der Waals surface area contributed by atoms with E-state index in [4.69, 9.17) is 0 Å². The highest BCUT2D eigenvalue weighted by Crippen LogP contribution is 2.25. The standard InChI is InChI=1S/C13H20N4S/c1-4-5-6-14-13-16-11-8-18-7-10(11)12(17-13)15-9(2)3/h7-9H,4-6H2,1-3H3,(H2,14,15,16,17). The summed E-state index contributed by atoms with van der Waals surface area (Å²) < 4.78 is 0. The van der Waals surface area contributed by atoms with Gasteiger partial charge < -0.3 is 10.6 Å². The quantitative estimate of drug-likeness (QED) is 0.781. The molecular weight excluding hydrogens is 244 g/mol. The van der Waals surface area contributed by atoms with Crippen LogP contribution in [0, 0.1) is 0 Å². The Morgan fingerprint density at radius 1 is 1.28 bits per heavy atom. The predicted octanol–water partition coefficient (Wildman–Crippen LogP) is 3.72. The summed E-state index contributed by atoms with van der Waals surface area (Å²) in [5.41, 5.74) is 1.01. The van der Waals surface area contributed by atoms with E-state index in [0.29, 0.717) is 6.04 Å². The fourth-order valence-corrected chi connectivity index (χ4v) is 2.44. The van der Waals surface area contributed by atoms with Crippen molar-refractivity contribution in [2.24, 2.45) is 0 Å². The number of nitrogens with zero attached hydrogens (tertiary/aromatic N) is 2. The number of hydrogen-bond acceptors (Lipinski definition) is 5. The smallest absolute Gasteiger partial charge is 0.225 e. The molecule has 0 fully saturated rings. The van der Waals surface area contributed by atoms with E-state index in [9.17, 15) is 0 Å². The Morgan fingerprint density at radius 3 is 2.83 bits per heavy atom. The second kappa shape index (κ2) is 6.00. The summed E-state index contributed by atoms with van der Waals surface area (Å²) >= 11 is 1.66. The second-order valence-corrected chi connectivity index (χ2v) is 5.39. The van der Waals surface area contributed by atoms with Gasteiger partial charge in [0.2, 0.25) is 5.95 Å². The number of unbranched alkanes of at least 4 members (excludes halogenated alkanes) is 1. The maximum absolute atomic E-state index is 4.56. The zero-order valence-electron chi connectivity index (χ0n) is 11.2. The number of hydrogen-bond donors (Lipinski definition) is 2. The summed E-state index contributed by atoms with van der Waals surface area (Å²) in [7, 11) is 0. The Kier molecular flexibility index (Phi) is 4.36. The minimum Gasteiger partial charge on any atom is -0.367 e. The molecule has 5 heteroatoms. The highest BCUT2D eigenvalue weighted by Gasteiger charge is 2.09. The van der Waals surface area contributed by atoms with Gasteiger partial charge in [-0.15, -0.1) is 11.3 Å². The van der Waals surface area contributed by atoms with E-state index in [0.717, 1.165) is 35.6 Å². The van der Waals surface area contributed by atoms with Crippen LogP contribution in [0.4, 0.5) is 11.8 Å². The summed E-state index contributed by atoms with van der Waals surface area (Å²) in [5, 5.41) is 11.9. The van der Waals surface area contributed by atoms with Crippen LogP contribution in [0.25, 0.3) is 10.9 Å². The highest BCUT2D eigenvalue weighted by molar-refractivity contribution is 7.09. The molecule has 0 amide bonds. The van der Waals surface area contributed by atoms with Gasteiger partial charge in [-0.2, -0.15) is 4.98 Å². The first-order valence-electron chi connectivity index (χ1n) is 6.45. The largest absolute Gasteiger partial charge is 0.367 e. The van der Waals surface area contributed by atoms with Crippen molar-refractivity contribution in [1.29, 1.82) is 0 Å². The van der Waals surface area contributed by atoms with Crippen LogP contribution < -0.4 is 10.6 Å². The Labute approximate surface area is 112 Å². The average Bonchev–Trinajstić information content (AvgIpc) is 2.77. The molecule has 2 aromatic rings. The molecule has 98 valence electrons. The lowest BCUT2D eigenvalue weighted by Crippen LogP contribution is -2.13. The lowest BCUT2D eigenvalue weighted by Gasteiger charge is -2.12. The van der Waals surface area contributed by atoms with Crippen molar-refractivity contribution in [3.8, 4) is 0 Å². The van der Waals surface area contributed by atoms with Crippen LogP contribution in [-0.4, -0.2) is 22.6 Å². The lowest BCUT2D eigenvalue weighted by molar-refractivity contribution is 0.826. The second-order valence-electron chi connectivity index (χ2n) is 4.65. The molecule has 0 atom stereocenters. The Morgan fingerprint density at radius 2 is 2.11 bits per heavy atom. The third-order valence-corrected chi connectivity index (χ3v) is 3.31. The summed E-state index contributed by atoms with van der Waals surface area (Å²) in [4.78, 5) is 9.08. The number of nitrogens with one attached hydrogen (secondary N) is 2. The van der Waals surface area contributed by atoms with Crippen LogP contribution in [-0.2, 0) is 0 Å². The van der Waals surface area contributed by atoms with Gasteiger partial charge in [-0.05, 0) is 20.3 Å². The molecule has 18 heavy (non-hydrogen) atoms. The van der Waals surface area contributed by atoms with Gasteiger partial charge in [0.25, 0.3) is 0 Å². The van der Waals surface area contributed by atoms with Crippen molar-refractivity contribution in [3.63, 3.8) is 0 Å². The molecule has 0 aliphatic carbocycles. The molecule has 0 aliphatic rings. The van der Waals surface area contributed by atoms with Crippen molar-refractivity contribution >= 4 is 34.0 Å². The van der Waals surface area contributed by atoms with E-state index in [1.54, 1.807) is 11.3 Å². The fourth-order valence-electron chi connectivity index (χ4n) is 1.70. The maximum Gasteiger partial charge on any atom is 0.225 e. The van der Waals surface area contributed by atoms with Crippen molar-refractivity contribution in [2.45, 2.75) is 39.7 Å². The van der Waals surface area contributed by atoms with E-state index in [2.05, 4.69) is 52.1 Å². The Balaban J connectivity index is 2.25.